The van der Waals surface area contributed by atoms with Crippen molar-refractivity contribution in [1.29, 1.82) is 0 Å². The number of pyridine rings is 1. The number of benzene rings is 1. The van der Waals surface area contributed by atoms with E-state index in [2.05, 4.69) is 4.98 Å². The van der Waals surface area contributed by atoms with E-state index in [9.17, 15) is 4.79 Å². The lowest BCUT2D eigenvalue weighted by Gasteiger charge is -2.14. The Morgan fingerprint density at radius 3 is 2.79 bits per heavy atom. The summed E-state index contributed by atoms with van der Waals surface area (Å²) in [6.45, 7) is 6.22. The van der Waals surface area contributed by atoms with E-state index in [4.69, 9.17) is 16.3 Å². The normalized spacial score (nSPS) is 11.0. The zero-order valence-corrected chi connectivity index (χ0v) is 12.0. The van der Waals surface area contributed by atoms with Crippen LogP contribution in [0.15, 0.2) is 24.4 Å². The van der Waals surface area contributed by atoms with Gasteiger partial charge in [-0.1, -0.05) is 25.4 Å². The molecule has 19 heavy (non-hydrogen) atoms. The summed E-state index contributed by atoms with van der Waals surface area (Å²) in [6.07, 6.45) is 1.59. The molecular weight excluding hydrogens is 262 g/mol. The van der Waals surface area contributed by atoms with Crippen LogP contribution >= 0.6 is 11.6 Å². The van der Waals surface area contributed by atoms with Gasteiger partial charge in [-0.05, 0) is 36.6 Å². The fraction of sp³-hybridized carbons (Fsp3) is 0.333. The largest absolute Gasteiger partial charge is 0.462 e. The molecule has 1 aromatic heterocycles. The van der Waals surface area contributed by atoms with Crippen LogP contribution in [-0.2, 0) is 4.74 Å². The molecule has 0 bridgehead atoms. The molecule has 0 saturated heterocycles. The van der Waals surface area contributed by atoms with Gasteiger partial charge in [-0.2, -0.15) is 0 Å². The van der Waals surface area contributed by atoms with Crippen molar-refractivity contribution >= 4 is 28.5 Å². The first kappa shape index (κ1) is 13.8. The molecule has 0 radical (unpaired) electrons. The average Bonchev–Trinajstić information content (AvgIpc) is 2.37. The standard InChI is InChI=1S/C15H16ClNO2/c1-4-19-15(18)12-8-17-13-6-5-10(16)7-11(13)14(12)9(2)3/h5-9H,4H2,1-3H3. The topological polar surface area (TPSA) is 39.2 Å². The van der Waals surface area contributed by atoms with Crippen LogP contribution in [0.5, 0.6) is 0 Å². The number of hydrogen-bond donors (Lipinski definition) is 0. The summed E-state index contributed by atoms with van der Waals surface area (Å²) in [7, 11) is 0. The van der Waals surface area contributed by atoms with E-state index < -0.39 is 0 Å². The minimum atomic E-state index is -0.333. The Balaban J connectivity index is 2.71. The molecule has 0 N–H and O–H groups in total. The van der Waals surface area contributed by atoms with Gasteiger partial charge in [-0.25, -0.2) is 4.79 Å². The van der Waals surface area contributed by atoms with Gasteiger partial charge >= 0.3 is 5.97 Å². The molecule has 0 amide bonds. The molecule has 1 heterocycles. The number of halogens is 1. The molecule has 0 aliphatic carbocycles. The summed E-state index contributed by atoms with van der Waals surface area (Å²) >= 11 is 6.04. The second-order valence-electron chi connectivity index (χ2n) is 4.62. The second kappa shape index (κ2) is 5.57. The van der Waals surface area contributed by atoms with Crippen LogP contribution in [0.3, 0.4) is 0 Å². The monoisotopic (exact) mass is 277 g/mol. The lowest BCUT2D eigenvalue weighted by Crippen LogP contribution is -2.10. The highest BCUT2D eigenvalue weighted by molar-refractivity contribution is 6.31. The van der Waals surface area contributed by atoms with E-state index >= 15 is 0 Å². The minimum Gasteiger partial charge on any atom is -0.462 e. The highest BCUT2D eigenvalue weighted by atomic mass is 35.5. The summed E-state index contributed by atoms with van der Waals surface area (Å²) in [5, 5.41) is 1.55. The van der Waals surface area contributed by atoms with Gasteiger partial charge in [0.25, 0.3) is 0 Å². The van der Waals surface area contributed by atoms with E-state index in [-0.39, 0.29) is 11.9 Å². The van der Waals surface area contributed by atoms with E-state index in [0.717, 1.165) is 16.5 Å². The van der Waals surface area contributed by atoms with Crippen LogP contribution in [0.4, 0.5) is 0 Å². The van der Waals surface area contributed by atoms with Crippen LogP contribution in [-0.4, -0.2) is 17.6 Å². The SMILES string of the molecule is CCOC(=O)c1cnc2ccc(Cl)cc2c1C(C)C. The van der Waals surface area contributed by atoms with Gasteiger partial charge in [0.05, 0.1) is 17.7 Å². The maximum absolute atomic E-state index is 12.0. The van der Waals surface area contributed by atoms with Crippen molar-refractivity contribution in [3.8, 4) is 0 Å². The predicted octanol–water partition coefficient (Wildman–Crippen LogP) is 4.19. The highest BCUT2D eigenvalue weighted by Gasteiger charge is 2.18. The smallest absolute Gasteiger partial charge is 0.340 e. The lowest BCUT2D eigenvalue weighted by atomic mass is 9.94. The van der Waals surface area contributed by atoms with Gasteiger partial charge in [-0.3, -0.25) is 4.98 Å². The van der Waals surface area contributed by atoms with Crippen molar-refractivity contribution < 1.29 is 9.53 Å². The lowest BCUT2D eigenvalue weighted by molar-refractivity contribution is 0.0524. The predicted molar refractivity (Wildman–Crippen MR) is 76.8 cm³/mol. The molecule has 0 fully saturated rings. The maximum Gasteiger partial charge on any atom is 0.340 e. The van der Waals surface area contributed by atoms with Crippen molar-refractivity contribution in [3.05, 3.63) is 40.5 Å². The number of esters is 1. The minimum absolute atomic E-state index is 0.184. The van der Waals surface area contributed by atoms with Gasteiger partial charge in [0.15, 0.2) is 0 Å². The number of rotatable bonds is 3. The summed E-state index contributed by atoms with van der Waals surface area (Å²) < 4.78 is 5.09. The molecule has 0 unspecified atom stereocenters. The summed E-state index contributed by atoms with van der Waals surface area (Å²) in [6, 6.07) is 5.51. The van der Waals surface area contributed by atoms with Crippen LogP contribution in [0.25, 0.3) is 10.9 Å². The molecule has 100 valence electrons. The number of nitrogens with zero attached hydrogens (tertiary/aromatic N) is 1. The molecule has 1 aromatic carbocycles. The van der Waals surface area contributed by atoms with Gasteiger partial charge in [-0.15, -0.1) is 0 Å². The Kier molecular flexibility index (Phi) is 4.05. The number of carbonyl (C=O) groups excluding carboxylic acids is 1. The highest BCUT2D eigenvalue weighted by Crippen LogP contribution is 2.30. The van der Waals surface area contributed by atoms with Gasteiger partial charge in [0.1, 0.15) is 0 Å². The van der Waals surface area contributed by atoms with Crippen molar-refractivity contribution in [3.63, 3.8) is 0 Å². The van der Waals surface area contributed by atoms with Crippen molar-refractivity contribution in [2.24, 2.45) is 0 Å². The Morgan fingerprint density at radius 2 is 2.16 bits per heavy atom. The van der Waals surface area contributed by atoms with Crippen molar-refractivity contribution in [1.82, 2.24) is 4.98 Å². The third-order valence-electron chi connectivity index (χ3n) is 2.94. The van der Waals surface area contributed by atoms with Crippen LogP contribution in [0, 0.1) is 0 Å². The van der Waals surface area contributed by atoms with E-state index in [1.807, 2.05) is 26.0 Å². The third kappa shape index (κ3) is 2.71. The Bertz CT molecular complexity index is 623. The Labute approximate surface area is 117 Å². The first-order chi connectivity index (χ1) is 9.04. The van der Waals surface area contributed by atoms with Crippen molar-refractivity contribution in [2.45, 2.75) is 26.7 Å². The Hall–Kier alpha value is -1.61. The molecule has 0 spiro atoms. The molecular formula is C15H16ClNO2. The molecule has 0 saturated carbocycles. The van der Waals surface area contributed by atoms with E-state index in [1.54, 1.807) is 19.2 Å². The van der Waals surface area contributed by atoms with Crippen LogP contribution < -0.4 is 0 Å². The quantitative estimate of drug-likeness (QED) is 0.790. The first-order valence-electron chi connectivity index (χ1n) is 6.29. The van der Waals surface area contributed by atoms with Crippen LogP contribution in [0.2, 0.25) is 5.02 Å². The van der Waals surface area contributed by atoms with Crippen molar-refractivity contribution in [2.75, 3.05) is 6.61 Å². The molecule has 2 aromatic rings. The maximum atomic E-state index is 12.0. The summed E-state index contributed by atoms with van der Waals surface area (Å²) in [5.41, 5.74) is 2.29. The number of carbonyl (C=O) groups is 1. The number of hydrogen-bond acceptors (Lipinski definition) is 3. The fourth-order valence-corrected chi connectivity index (χ4v) is 2.35. The first-order valence-corrected chi connectivity index (χ1v) is 6.67. The van der Waals surface area contributed by atoms with Gasteiger partial charge < -0.3 is 4.74 Å². The van der Waals surface area contributed by atoms with E-state index in [0.29, 0.717) is 17.2 Å². The number of ether oxygens (including phenoxy) is 1. The summed E-state index contributed by atoms with van der Waals surface area (Å²) in [4.78, 5) is 16.3. The summed E-state index contributed by atoms with van der Waals surface area (Å²) in [5.74, 6) is -0.149. The second-order valence-corrected chi connectivity index (χ2v) is 5.06. The Morgan fingerprint density at radius 1 is 1.42 bits per heavy atom. The third-order valence-corrected chi connectivity index (χ3v) is 3.18. The zero-order chi connectivity index (χ0) is 14.0. The van der Waals surface area contributed by atoms with E-state index in [1.165, 1.54) is 0 Å². The average molecular weight is 278 g/mol. The zero-order valence-electron chi connectivity index (χ0n) is 11.2. The molecule has 0 aliphatic rings. The molecule has 0 aliphatic heterocycles. The number of aromatic nitrogens is 1. The van der Waals surface area contributed by atoms with Crippen LogP contribution in [0.1, 0.15) is 42.6 Å². The molecule has 2 rings (SSSR count). The molecule has 3 nitrogen and oxygen atoms in total. The fourth-order valence-electron chi connectivity index (χ4n) is 2.18. The van der Waals surface area contributed by atoms with Gasteiger partial charge in [0, 0.05) is 16.6 Å². The van der Waals surface area contributed by atoms with Gasteiger partial charge in [0.2, 0.25) is 0 Å². The molecule has 4 heteroatoms. The number of fused-ring (bicyclic) bond motifs is 1. The molecule has 0 atom stereocenters.